The van der Waals surface area contributed by atoms with Gasteiger partial charge in [0, 0.05) is 27.5 Å². The number of benzene rings is 2. The van der Waals surface area contributed by atoms with Crippen LogP contribution in [0.25, 0.3) is 0 Å². The number of nitrogens with zero attached hydrogens (tertiary/aromatic N) is 2. The molecule has 2 aromatic carbocycles. The van der Waals surface area contributed by atoms with Crippen molar-refractivity contribution in [1.29, 1.82) is 0 Å². The van der Waals surface area contributed by atoms with E-state index in [1.54, 1.807) is 24.3 Å². The molecule has 0 bridgehead atoms. The molecule has 0 fully saturated rings. The van der Waals surface area contributed by atoms with Crippen LogP contribution in [0.3, 0.4) is 0 Å². The average molecular weight is 450 g/mol. The number of aromatic nitrogens is 2. The molecule has 30 heavy (non-hydrogen) atoms. The van der Waals surface area contributed by atoms with Crippen LogP contribution in [0.15, 0.2) is 69.5 Å². The fraction of sp³-hybridized carbons (Fsp3) is 0.150. The molecule has 0 aliphatic carbocycles. The average Bonchev–Trinajstić information content (AvgIpc) is 2.68. The molecule has 10 heteroatoms. The second-order valence-corrected chi connectivity index (χ2v) is 9.30. The van der Waals surface area contributed by atoms with Crippen molar-refractivity contribution in [2.45, 2.75) is 34.6 Å². The Kier molecular flexibility index (Phi) is 6.47. The van der Waals surface area contributed by atoms with Gasteiger partial charge in [0.25, 0.3) is 5.91 Å². The van der Waals surface area contributed by atoms with E-state index in [-0.39, 0.29) is 5.56 Å². The van der Waals surface area contributed by atoms with Gasteiger partial charge in [-0.15, -0.1) is 0 Å². The maximum absolute atomic E-state index is 12.6. The molecule has 0 atom stereocenters. The summed E-state index contributed by atoms with van der Waals surface area (Å²) >= 11 is 1.39. The lowest BCUT2D eigenvalue weighted by atomic mass is 10.2. The van der Waals surface area contributed by atoms with Crippen LogP contribution in [0.5, 0.6) is 0 Å². The zero-order valence-electron chi connectivity index (χ0n) is 16.0. The summed E-state index contributed by atoms with van der Waals surface area (Å²) in [6, 6.07) is 13.3. The van der Waals surface area contributed by atoms with Gasteiger partial charge in [-0.1, -0.05) is 0 Å². The first-order valence-corrected chi connectivity index (χ1v) is 11.0. The molecule has 3 rings (SSSR count). The van der Waals surface area contributed by atoms with Crippen molar-refractivity contribution in [1.82, 2.24) is 9.97 Å². The lowest BCUT2D eigenvalue weighted by molar-refractivity contribution is 0.102. The molecular weight excluding hydrogens is 432 g/mol. The minimum atomic E-state index is -4.69. The van der Waals surface area contributed by atoms with E-state index < -0.39 is 26.4 Å². The Bertz CT molecular complexity index is 1150. The van der Waals surface area contributed by atoms with E-state index in [0.717, 1.165) is 28.4 Å². The number of hydrogen-bond donors (Lipinski definition) is 1. The van der Waals surface area contributed by atoms with E-state index in [4.69, 9.17) is 0 Å². The molecule has 0 saturated heterocycles. The molecule has 0 unspecified atom stereocenters. The third kappa shape index (κ3) is 5.19. The van der Waals surface area contributed by atoms with E-state index >= 15 is 0 Å². The van der Waals surface area contributed by atoms with Gasteiger partial charge in [-0.3, -0.25) is 4.79 Å². The molecule has 0 spiro atoms. The first-order chi connectivity index (χ1) is 14.1. The van der Waals surface area contributed by atoms with E-state index in [1.165, 1.54) is 23.9 Å². The molecule has 0 saturated carbocycles. The molecule has 1 amide bonds. The van der Waals surface area contributed by atoms with E-state index in [2.05, 4.69) is 15.3 Å². The Morgan fingerprint density at radius 2 is 1.53 bits per heavy atom. The number of carbonyl (C=O) groups excluding carboxylic acids is 1. The fourth-order valence-electron chi connectivity index (χ4n) is 2.55. The summed E-state index contributed by atoms with van der Waals surface area (Å²) in [6.45, 7) is 3.79. The molecule has 6 nitrogen and oxygen atoms in total. The van der Waals surface area contributed by atoms with Crippen LogP contribution in [-0.4, -0.2) is 30.1 Å². The van der Waals surface area contributed by atoms with Gasteiger partial charge in [-0.05, 0) is 80.2 Å². The number of anilines is 1. The van der Waals surface area contributed by atoms with E-state index in [1.807, 2.05) is 19.9 Å². The highest BCUT2D eigenvalue weighted by Gasteiger charge is 2.26. The van der Waals surface area contributed by atoms with Crippen LogP contribution in [0, 0.1) is 13.8 Å². The number of hydrogen-bond acceptors (Lipinski definition) is 6. The standard InChI is InChI=1S/C20H17F2N3O3S2/c1-12-11-13(2)24-20(23-12)29-16-7-5-15(6-8-16)25-18(26)14-3-9-17(10-4-14)30(27,28)19(21)22/h3-11,19H,1-2H3,(H,25,26). The van der Waals surface area contributed by atoms with Crippen LogP contribution in [0.4, 0.5) is 14.5 Å². The van der Waals surface area contributed by atoms with Gasteiger partial charge < -0.3 is 5.32 Å². The van der Waals surface area contributed by atoms with E-state index in [0.29, 0.717) is 10.8 Å². The summed E-state index contributed by atoms with van der Waals surface area (Å²) in [5, 5.41) is 3.30. The topological polar surface area (TPSA) is 89.0 Å². The Morgan fingerprint density at radius 1 is 0.967 bits per heavy atom. The largest absolute Gasteiger partial charge is 0.341 e. The Hall–Kier alpha value is -2.85. The summed E-state index contributed by atoms with van der Waals surface area (Å²) in [5.74, 6) is -4.00. The van der Waals surface area contributed by atoms with Crippen LogP contribution in [-0.2, 0) is 9.84 Å². The van der Waals surface area contributed by atoms with Gasteiger partial charge in [0.1, 0.15) is 0 Å². The molecular formula is C20H17F2N3O3S2. The number of halogens is 2. The quantitative estimate of drug-likeness (QED) is 0.558. The SMILES string of the molecule is Cc1cc(C)nc(Sc2ccc(NC(=O)c3ccc(S(=O)(=O)C(F)F)cc3)cc2)n1. The lowest BCUT2D eigenvalue weighted by Crippen LogP contribution is -2.14. The number of alkyl halides is 2. The second-order valence-electron chi connectivity index (χ2n) is 6.34. The lowest BCUT2D eigenvalue weighted by Gasteiger charge is -2.08. The predicted octanol–water partition coefficient (Wildman–Crippen LogP) is 4.49. The Balaban J connectivity index is 1.67. The Morgan fingerprint density at radius 3 is 2.07 bits per heavy atom. The molecule has 1 heterocycles. The van der Waals surface area contributed by atoms with Crippen molar-refractivity contribution in [2.75, 3.05) is 5.32 Å². The first-order valence-electron chi connectivity index (χ1n) is 8.69. The van der Waals surface area contributed by atoms with Gasteiger partial charge >= 0.3 is 5.76 Å². The first kappa shape index (κ1) is 21.8. The fourth-order valence-corrected chi connectivity index (χ4v) is 4.14. The minimum Gasteiger partial charge on any atom is -0.322 e. The molecule has 1 aromatic heterocycles. The highest BCUT2D eigenvalue weighted by atomic mass is 32.2. The van der Waals surface area contributed by atoms with Crippen molar-refractivity contribution in [3.05, 3.63) is 71.5 Å². The number of sulfone groups is 1. The number of aryl methyl sites for hydroxylation is 2. The molecule has 0 radical (unpaired) electrons. The van der Waals surface area contributed by atoms with Crippen molar-refractivity contribution < 1.29 is 22.0 Å². The predicted molar refractivity (Wildman–Crippen MR) is 110 cm³/mol. The van der Waals surface area contributed by atoms with Gasteiger partial charge in [-0.25, -0.2) is 18.4 Å². The van der Waals surface area contributed by atoms with Gasteiger partial charge in [0.15, 0.2) is 5.16 Å². The molecule has 1 N–H and O–H groups in total. The Labute approximate surface area is 176 Å². The van der Waals surface area contributed by atoms with Crippen molar-refractivity contribution >= 4 is 33.2 Å². The third-order valence-corrected chi connectivity index (χ3v) is 6.23. The van der Waals surface area contributed by atoms with Gasteiger partial charge in [0.05, 0.1) is 4.90 Å². The number of carbonyl (C=O) groups is 1. The van der Waals surface area contributed by atoms with Crippen LogP contribution in [0.2, 0.25) is 0 Å². The third-order valence-electron chi connectivity index (χ3n) is 3.96. The van der Waals surface area contributed by atoms with Gasteiger partial charge in [0.2, 0.25) is 9.84 Å². The van der Waals surface area contributed by atoms with E-state index in [9.17, 15) is 22.0 Å². The van der Waals surface area contributed by atoms with Crippen LogP contribution >= 0.6 is 11.8 Å². The van der Waals surface area contributed by atoms with Crippen LogP contribution < -0.4 is 5.32 Å². The van der Waals surface area contributed by atoms with Gasteiger partial charge in [-0.2, -0.15) is 8.78 Å². The maximum atomic E-state index is 12.6. The second kappa shape index (κ2) is 8.88. The number of amides is 1. The van der Waals surface area contributed by atoms with Crippen molar-refractivity contribution in [2.24, 2.45) is 0 Å². The summed E-state index contributed by atoms with van der Waals surface area (Å²) in [6.07, 6.45) is 0. The minimum absolute atomic E-state index is 0.144. The number of rotatable bonds is 6. The summed E-state index contributed by atoms with van der Waals surface area (Å²) in [4.78, 5) is 21.4. The highest BCUT2D eigenvalue weighted by Crippen LogP contribution is 2.26. The monoisotopic (exact) mass is 449 g/mol. The zero-order chi connectivity index (χ0) is 21.9. The summed E-state index contributed by atoms with van der Waals surface area (Å²) < 4.78 is 48.0. The summed E-state index contributed by atoms with van der Waals surface area (Å²) in [5.41, 5.74) is 2.42. The molecule has 0 aliphatic heterocycles. The van der Waals surface area contributed by atoms with Crippen LogP contribution in [0.1, 0.15) is 21.7 Å². The summed E-state index contributed by atoms with van der Waals surface area (Å²) in [7, 11) is -4.69. The van der Waals surface area contributed by atoms with Crippen molar-refractivity contribution in [3.63, 3.8) is 0 Å². The highest BCUT2D eigenvalue weighted by molar-refractivity contribution is 7.99. The molecule has 156 valence electrons. The smallest absolute Gasteiger partial charge is 0.322 e. The number of nitrogens with one attached hydrogen (secondary N) is 1. The zero-order valence-corrected chi connectivity index (χ0v) is 17.6. The maximum Gasteiger partial charge on any atom is 0.341 e. The van der Waals surface area contributed by atoms with Crippen molar-refractivity contribution in [3.8, 4) is 0 Å². The molecule has 0 aliphatic rings. The molecule has 3 aromatic rings. The normalized spacial score (nSPS) is 11.5.